The number of carbonyl (C=O) groups excluding carboxylic acids is 11. The van der Waals surface area contributed by atoms with Crippen molar-refractivity contribution < 1.29 is 67.1 Å². The number of hydrogen-bond donors (Lipinski definition) is 2. The van der Waals surface area contributed by atoms with Gasteiger partial charge in [-0.25, -0.2) is 14.7 Å². The molecule has 0 unspecified atom stereocenters. The van der Waals surface area contributed by atoms with Crippen molar-refractivity contribution in [2.24, 2.45) is 47.3 Å². The molecule has 9 amide bonds. The summed E-state index contributed by atoms with van der Waals surface area (Å²) in [5.41, 5.74) is 1.37. The van der Waals surface area contributed by atoms with Crippen molar-refractivity contribution in [1.29, 1.82) is 0 Å². The Morgan fingerprint density at radius 1 is 0.567 bits per heavy atom. The zero-order valence-electron chi connectivity index (χ0n) is 66.7. The smallest absolute Gasteiger partial charge is 0.270 e. The van der Waals surface area contributed by atoms with E-state index >= 15 is 33.6 Å². The van der Waals surface area contributed by atoms with Crippen molar-refractivity contribution in [1.82, 2.24) is 70.0 Å². The minimum absolute atomic E-state index is 0.0507. The Kier molecular flexibility index (Phi) is 34.2. The first kappa shape index (κ1) is 87.6. The Morgan fingerprint density at radius 2 is 1.13 bits per heavy atom. The summed E-state index contributed by atoms with van der Waals surface area (Å²) in [5, 5.41) is 15.1. The van der Waals surface area contributed by atoms with Crippen molar-refractivity contribution >= 4 is 75.9 Å². The van der Waals surface area contributed by atoms with Crippen LogP contribution in [0.15, 0.2) is 18.3 Å². The van der Waals surface area contributed by atoms with Crippen LogP contribution in [0.5, 0.6) is 0 Å². The fourth-order valence-electron chi connectivity index (χ4n) is 14.5. The first-order chi connectivity index (χ1) is 48.9. The lowest BCUT2D eigenvalue weighted by Crippen LogP contribution is -2.72. The molecule has 0 bridgehead atoms. The number of unbranched alkanes of at least 4 members (excludes halogenated alkanes) is 3. The van der Waals surface area contributed by atoms with Gasteiger partial charge in [-0.15, -0.1) is 5.10 Å². The van der Waals surface area contributed by atoms with Crippen LogP contribution in [0.25, 0.3) is 11.2 Å². The van der Waals surface area contributed by atoms with Crippen molar-refractivity contribution in [2.45, 2.75) is 261 Å². The zero-order chi connectivity index (χ0) is 77.9. The van der Waals surface area contributed by atoms with Crippen LogP contribution in [0, 0.1) is 47.3 Å². The minimum atomic E-state index is -1.31. The van der Waals surface area contributed by atoms with Gasteiger partial charge in [0.1, 0.15) is 53.9 Å². The third kappa shape index (κ3) is 23.0. The molecule has 28 heteroatoms. The second-order valence-electron chi connectivity index (χ2n) is 31.6. The van der Waals surface area contributed by atoms with Crippen LogP contribution in [0.1, 0.15) is 188 Å². The summed E-state index contributed by atoms with van der Waals surface area (Å²) in [6.45, 7) is 33.1. The monoisotopic (exact) mass is 1460 g/mol. The third-order valence-electron chi connectivity index (χ3n) is 21.2. The normalized spacial score (nSPS) is 27.1. The minimum Gasteiger partial charge on any atom is -0.379 e. The van der Waals surface area contributed by atoms with Crippen LogP contribution in [0.2, 0.25) is 0 Å². The number of likely N-dealkylation sites (N-methyl/N-ethyl adjacent to an activating group) is 6. The molecule has 2 aromatic rings. The molecule has 5 heterocycles. The maximum atomic E-state index is 15.5. The Balaban J connectivity index is 1.59. The number of nitrogens with zero attached hydrogens (tertiary/aromatic N) is 12. The fraction of sp³-hybridized carbons (Fsp3) is 0.789. The highest BCUT2D eigenvalue weighted by Crippen LogP contribution is 2.35. The van der Waals surface area contributed by atoms with Gasteiger partial charge in [0.2, 0.25) is 52.9 Å². The predicted molar refractivity (Wildman–Crippen MR) is 395 cm³/mol. The number of morpholine rings is 1. The molecule has 3 aliphatic rings. The summed E-state index contributed by atoms with van der Waals surface area (Å²) in [5.74, 6) is -10.2. The van der Waals surface area contributed by atoms with Gasteiger partial charge < -0.3 is 49.5 Å². The number of amides is 9. The summed E-state index contributed by atoms with van der Waals surface area (Å²) >= 11 is 0. The van der Waals surface area contributed by atoms with Gasteiger partial charge in [0.15, 0.2) is 17.6 Å². The van der Waals surface area contributed by atoms with E-state index in [2.05, 4.69) is 30.8 Å². The first-order valence-corrected chi connectivity index (χ1v) is 38.2. The number of aryl methyl sites for hydroxylation is 1. The fourth-order valence-corrected chi connectivity index (χ4v) is 14.5. The Hall–Kier alpha value is -7.04. The lowest BCUT2D eigenvalue weighted by atomic mass is 9.85. The summed E-state index contributed by atoms with van der Waals surface area (Å²) in [4.78, 5) is 186. The number of aromatic nitrogens is 4. The van der Waals surface area contributed by atoms with Gasteiger partial charge in [-0.2, -0.15) is 0 Å². The van der Waals surface area contributed by atoms with Crippen LogP contribution >= 0.6 is 0 Å². The molecule has 104 heavy (non-hydrogen) atoms. The molecule has 586 valence electrons. The third-order valence-corrected chi connectivity index (χ3v) is 21.2. The average Bonchev–Trinajstić information content (AvgIpc) is 0.858. The first-order valence-electron chi connectivity index (χ1n) is 38.2. The van der Waals surface area contributed by atoms with Crippen LogP contribution in [-0.4, -0.2) is 272 Å². The lowest BCUT2D eigenvalue weighted by Gasteiger charge is -2.50. The molecular formula is C76H128N14O14. The summed E-state index contributed by atoms with van der Waals surface area (Å²) in [6.07, 6.45) is 4.07. The second-order valence-corrected chi connectivity index (χ2v) is 31.6. The molecule has 28 nitrogen and oxygen atoms in total. The van der Waals surface area contributed by atoms with E-state index in [9.17, 15) is 19.2 Å². The van der Waals surface area contributed by atoms with E-state index in [1.807, 2.05) is 65.3 Å². The number of ether oxygens (including phenoxy) is 2. The molecule has 0 saturated carbocycles. The molecule has 0 aliphatic carbocycles. The molecule has 2 N–H and O–H groups in total. The molecule has 0 radical (unpaired) electrons. The Morgan fingerprint density at radius 3 is 1.72 bits per heavy atom. The van der Waals surface area contributed by atoms with E-state index < -0.39 is 155 Å². The molecule has 14 atom stereocenters. The molecule has 3 saturated heterocycles. The summed E-state index contributed by atoms with van der Waals surface area (Å²) in [6, 6.07) is -7.06. The van der Waals surface area contributed by atoms with E-state index in [4.69, 9.17) is 14.3 Å². The molecule has 5 rings (SSSR count). The second kappa shape index (κ2) is 40.6. The standard InChI is InChI=1S/C76H128N14O14/c1-23-56-73(98)82(17)53(15)71(96)87(22)64(54(16)103-37-28-27-33-88-35-38-102-39-36-88)62(92)44-55(48(8)9)72(97)83(18)58(40-45(2)3)61(91)43-51(13)68(93)78-52(14)70(95)84(19)59(41-46(4)5)74(99)85(20)60(42-47(6)7)75(100)86(21)63(49(10)11)76(101)90-65(69(94)79-56)66(104-90)50(12)30-25-24-26-34-89-57-31-29-32-77-67(57)80-81-89/h29,31-32,45-56,58-60,63-66H,23-28,30,33-44H2,1-22H3,(H,78,93)(H,79,94)/t50-,51-,52-,53-,54-,55+,56+,58+,59+,60+,63+,64+,65+,66-/m1/s1. The Labute approximate surface area is 618 Å². The van der Waals surface area contributed by atoms with Gasteiger partial charge >= 0.3 is 0 Å². The highest BCUT2D eigenvalue weighted by molar-refractivity contribution is 6.00. The SMILES string of the molecule is CC[C@@H]1NC(=O)[C@@H]2[C@@H]([C@H](C)CCCCCn3nnc4ncccc43)ON2C(=O)[C@H](C(C)C)N(C)C(=O)[C@H](CC(C)C)N(C)C(=O)[C@H](CC(C)C)N(C)C(=O)[C@@H](C)NC(=O)[C@H](C)CC(=O)[C@H](CC(C)C)N(C)C(=O)[C@H](C(C)C)CC(=O)[C@H]([C@@H](C)OCCCCN2CCOCC2)N(C)C(=O)[C@@H](C)N(C)C1=O. The van der Waals surface area contributed by atoms with Gasteiger partial charge in [0.05, 0.1) is 25.4 Å². The van der Waals surface area contributed by atoms with Gasteiger partial charge in [-0.1, -0.05) is 108 Å². The molecule has 2 aromatic heterocycles. The number of carbonyl (C=O) groups is 11. The van der Waals surface area contributed by atoms with Crippen LogP contribution in [-0.2, 0) is 73.6 Å². The maximum absolute atomic E-state index is 15.5. The predicted octanol–water partition coefficient (Wildman–Crippen LogP) is 6.07. The number of rotatable bonds is 23. The molecule has 0 aromatic carbocycles. The van der Waals surface area contributed by atoms with E-state index in [0.29, 0.717) is 44.7 Å². The van der Waals surface area contributed by atoms with Gasteiger partial charge in [-0.3, -0.25) is 62.5 Å². The number of hydrogen-bond acceptors (Lipinski definition) is 18. The van der Waals surface area contributed by atoms with Crippen LogP contribution < -0.4 is 10.6 Å². The lowest BCUT2D eigenvalue weighted by molar-refractivity contribution is -0.322. The number of nitrogens with one attached hydrogen (secondary N) is 2. The molecular weight excluding hydrogens is 1330 g/mol. The number of fused-ring (bicyclic) bond motifs is 2. The molecule has 3 fully saturated rings. The number of hydroxylamine groups is 2. The Bertz CT molecular complexity index is 3210. The summed E-state index contributed by atoms with van der Waals surface area (Å²) in [7, 11) is 8.87. The average molecular weight is 1460 g/mol. The number of ketones is 2. The van der Waals surface area contributed by atoms with Crippen molar-refractivity contribution in [3.05, 3.63) is 18.3 Å². The van der Waals surface area contributed by atoms with Crippen LogP contribution in [0.4, 0.5) is 0 Å². The van der Waals surface area contributed by atoms with Crippen molar-refractivity contribution in [3.8, 4) is 0 Å². The van der Waals surface area contributed by atoms with Crippen LogP contribution in [0.3, 0.4) is 0 Å². The number of Topliss-reactive ketones (excluding diaryl/α,β-unsaturated/α-hetero) is 2. The van der Waals surface area contributed by atoms with Crippen molar-refractivity contribution in [2.75, 3.05) is 81.7 Å². The largest absolute Gasteiger partial charge is 0.379 e. The van der Waals surface area contributed by atoms with E-state index in [1.165, 1.54) is 85.5 Å². The van der Waals surface area contributed by atoms with Gasteiger partial charge in [0, 0.05) is 99.4 Å². The van der Waals surface area contributed by atoms with Crippen molar-refractivity contribution in [3.63, 3.8) is 0 Å². The topological polar surface area (TPSA) is 309 Å². The van der Waals surface area contributed by atoms with E-state index in [-0.39, 0.29) is 68.8 Å². The quantitative estimate of drug-likeness (QED) is 0.119. The van der Waals surface area contributed by atoms with Gasteiger partial charge in [0.25, 0.3) is 5.91 Å². The highest BCUT2D eigenvalue weighted by Gasteiger charge is 2.55. The summed E-state index contributed by atoms with van der Waals surface area (Å²) < 4.78 is 13.8. The van der Waals surface area contributed by atoms with E-state index in [1.54, 1.807) is 54.7 Å². The molecule has 0 spiro atoms. The highest BCUT2D eigenvalue weighted by atomic mass is 16.7. The van der Waals surface area contributed by atoms with Gasteiger partial charge in [-0.05, 0) is 126 Å². The number of pyridine rings is 1. The zero-order valence-corrected chi connectivity index (χ0v) is 66.7. The maximum Gasteiger partial charge on any atom is 0.270 e. The van der Waals surface area contributed by atoms with E-state index in [0.717, 1.165) is 49.5 Å². The molecule has 3 aliphatic heterocycles.